The summed E-state index contributed by atoms with van der Waals surface area (Å²) in [5.41, 5.74) is 1.24. The van der Waals surface area contributed by atoms with Crippen LogP contribution in [0.2, 0.25) is 0 Å². The molecule has 1 aromatic carbocycles. The highest BCUT2D eigenvalue weighted by atomic mass is 35.5. The number of amides is 1. The molecule has 0 saturated carbocycles. The monoisotopic (exact) mass is 367 g/mol. The van der Waals surface area contributed by atoms with Gasteiger partial charge in [-0.15, -0.1) is 12.4 Å². The van der Waals surface area contributed by atoms with E-state index in [9.17, 15) is 4.79 Å². The number of carbonyl (C=O) groups excluding carboxylic acids is 1. The fourth-order valence-electron chi connectivity index (χ4n) is 3.41. The molecule has 0 aromatic heterocycles. The Morgan fingerprint density at radius 3 is 2.44 bits per heavy atom. The van der Waals surface area contributed by atoms with Crippen molar-refractivity contribution in [3.8, 4) is 0 Å². The number of likely N-dealkylation sites (tertiary alicyclic amines) is 1. The van der Waals surface area contributed by atoms with Crippen LogP contribution in [0.3, 0.4) is 0 Å². The van der Waals surface area contributed by atoms with Gasteiger partial charge in [-0.1, -0.05) is 30.3 Å². The minimum Gasteiger partial charge on any atom is -0.373 e. The SMILES string of the molecule is Cl.O=C(CCN1CCC(OCc2ccccc2)CC1)N1CCNCC1. The molecule has 2 saturated heterocycles. The highest BCUT2D eigenvalue weighted by Gasteiger charge is 2.21. The molecule has 25 heavy (non-hydrogen) atoms. The Bertz CT molecular complexity index is 501. The van der Waals surface area contributed by atoms with E-state index in [1.807, 2.05) is 11.0 Å². The number of nitrogens with one attached hydrogen (secondary N) is 1. The first-order valence-electron chi connectivity index (χ1n) is 9.17. The number of benzene rings is 1. The third-order valence-corrected chi connectivity index (χ3v) is 4.97. The molecular weight excluding hydrogens is 338 g/mol. The standard InChI is InChI=1S/C19H29N3O2.ClH/c23-19(22-14-9-20-10-15-22)8-13-21-11-6-18(7-12-21)24-16-17-4-2-1-3-5-17;/h1-5,18,20H,6-16H2;1H. The van der Waals surface area contributed by atoms with Crippen molar-refractivity contribution in [2.75, 3.05) is 45.8 Å². The van der Waals surface area contributed by atoms with Crippen molar-refractivity contribution in [3.05, 3.63) is 35.9 Å². The zero-order chi connectivity index (χ0) is 16.6. The van der Waals surface area contributed by atoms with Gasteiger partial charge in [-0.05, 0) is 18.4 Å². The molecule has 1 amide bonds. The number of nitrogens with zero attached hydrogens (tertiary/aromatic N) is 2. The molecule has 1 aromatic rings. The average molecular weight is 368 g/mol. The summed E-state index contributed by atoms with van der Waals surface area (Å²) in [4.78, 5) is 16.6. The van der Waals surface area contributed by atoms with Gasteiger partial charge in [0, 0.05) is 52.2 Å². The lowest BCUT2D eigenvalue weighted by atomic mass is 10.1. The average Bonchev–Trinajstić information content (AvgIpc) is 2.67. The van der Waals surface area contributed by atoms with Crippen LogP contribution in [0, 0.1) is 0 Å². The summed E-state index contributed by atoms with van der Waals surface area (Å²) in [6, 6.07) is 10.4. The number of rotatable bonds is 6. The normalized spacial score (nSPS) is 19.4. The van der Waals surface area contributed by atoms with Crippen LogP contribution in [0.15, 0.2) is 30.3 Å². The van der Waals surface area contributed by atoms with Crippen molar-refractivity contribution >= 4 is 18.3 Å². The number of piperidine rings is 1. The Kier molecular flexibility index (Phi) is 8.68. The van der Waals surface area contributed by atoms with Gasteiger partial charge >= 0.3 is 0 Å². The number of piperazine rings is 1. The maximum absolute atomic E-state index is 12.2. The van der Waals surface area contributed by atoms with Crippen molar-refractivity contribution < 1.29 is 9.53 Å². The molecular formula is C19H30ClN3O2. The Morgan fingerprint density at radius 1 is 1.08 bits per heavy atom. The molecule has 140 valence electrons. The van der Waals surface area contributed by atoms with Crippen LogP contribution in [0.5, 0.6) is 0 Å². The van der Waals surface area contributed by atoms with Gasteiger partial charge in [0.25, 0.3) is 0 Å². The fourth-order valence-corrected chi connectivity index (χ4v) is 3.41. The van der Waals surface area contributed by atoms with E-state index in [0.29, 0.717) is 25.0 Å². The Hall–Kier alpha value is -1.14. The van der Waals surface area contributed by atoms with Gasteiger partial charge in [-0.25, -0.2) is 0 Å². The third-order valence-electron chi connectivity index (χ3n) is 4.97. The lowest BCUT2D eigenvalue weighted by Crippen LogP contribution is -2.47. The van der Waals surface area contributed by atoms with Crippen molar-refractivity contribution in [1.29, 1.82) is 0 Å². The molecule has 2 aliphatic heterocycles. The van der Waals surface area contributed by atoms with E-state index in [4.69, 9.17) is 4.74 Å². The van der Waals surface area contributed by atoms with Gasteiger partial charge in [-0.3, -0.25) is 4.79 Å². The molecule has 0 aliphatic carbocycles. The molecule has 0 atom stereocenters. The van der Waals surface area contributed by atoms with Crippen molar-refractivity contribution in [2.24, 2.45) is 0 Å². The lowest BCUT2D eigenvalue weighted by Gasteiger charge is -2.33. The van der Waals surface area contributed by atoms with Crippen LogP contribution in [0.25, 0.3) is 0 Å². The topological polar surface area (TPSA) is 44.8 Å². The van der Waals surface area contributed by atoms with Crippen molar-refractivity contribution in [2.45, 2.75) is 32.0 Å². The van der Waals surface area contributed by atoms with Gasteiger partial charge in [0.1, 0.15) is 0 Å². The van der Waals surface area contributed by atoms with Gasteiger partial charge < -0.3 is 19.9 Å². The molecule has 0 unspecified atom stereocenters. The Morgan fingerprint density at radius 2 is 1.76 bits per heavy atom. The number of halogens is 1. The summed E-state index contributed by atoms with van der Waals surface area (Å²) >= 11 is 0. The second-order valence-corrected chi connectivity index (χ2v) is 6.72. The Labute approximate surface area is 157 Å². The summed E-state index contributed by atoms with van der Waals surface area (Å²) in [5, 5.41) is 3.29. The van der Waals surface area contributed by atoms with Gasteiger partial charge in [0.15, 0.2) is 0 Å². The molecule has 0 spiro atoms. The van der Waals surface area contributed by atoms with E-state index in [-0.39, 0.29) is 12.4 Å². The summed E-state index contributed by atoms with van der Waals surface area (Å²) in [7, 11) is 0. The zero-order valence-electron chi connectivity index (χ0n) is 14.9. The second-order valence-electron chi connectivity index (χ2n) is 6.72. The zero-order valence-corrected chi connectivity index (χ0v) is 15.7. The van der Waals surface area contributed by atoms with Crippen LogP contribution >= 0.6 is 12.4 Å². The van der Waals surface area contributed by atoms with E-state index >= 15 is 0 Å². The van der Waals surface area contributed by atoms with E-state index < -0.39 is 0 Å². The van der Waals surface area contributed by atoms with Crippen molar-refractivity contribution in [1.82, 2.24) is 15.1 Å². The second kappa shape index (κ2) is 10.8. The summed E-state index contributed by atoms with van der Waals surface area (Å²) < 4.78 is 6.03. The van der Waals surface area contributed by atoms with E-state index in [0.717, 1.165) is 58.7 Å². The predicted molar refractivity (Wildman–Crippen MR) is 102 cm³/mol. The summed E-state index contributed by atoms with van der Waals surface area (Å²) in [6.45, 7) is 7.22. The number of hydrogen-bond donors (Lipinski definition) is 1. The highest BCUT2D eigenvalue weighted by Crippen LogP contribution is 2.16. The number of hydrogen-bond acceptors (Lipinski definition) is 4. The third kappa shape index (κ3) is 6.59. The first-order chi connectivity index (χ1) is 11.8. The summed E-state index contributed by atoms with van der Waals surface area (Å²) in [5.74, 6) is 0.305. The molecule has 1 N–H and O–H groups in total. The highest BCUT2D eigenvalue weighted by molar-refractivity contribution is 5.85. The Balaban J connectivity index is 0.00000225. The van der Waals surface area contributed by atoms with Crippen LogP contribution < -0.4 is 5.32 Å². The largest absolute Gasteiger partial charge is 0.373 e. The van der Waals surface area contributed by atoms with E-state index in [2.05, 4.69) is 34.5 Å². The molecule has 6 heteroatoms. The van der Waals surface area contributed by atoms with Crippen LogP contribution in [-0.2, 0) is 16.1 Å². The number of carbonyl (C=O) groups is 1. The summed E-state index contributed by atoms with van der Waals surface area (Å²) in [6.07, 6.45) is 3.13. The molecule has 0 bridgehead atoms. The molecule has 3 rings (SSSR count). The smallest absolute Gasteiger partial charge is 0.223 e. The molecule has 2 heterocycles. The van der Waals surface area contributed by atoms with Crippen LogP contribution in [-0.4, -0.2) is 67.6 Å². The van der Waals surface area contributed by atoms with Gasteiger partial charge in [0.05, 0.1) is 12.7 Å². The molecule has 0 radical (unpaired) electrons. The van der Waals surface area contributed by atoms with E-state index in [1.165, 1.54) is 5.56 Å². The first kappa shape index (κ1) is 20.2. The van der Waals surface area contributed by atoms with Crippen LogP contribution in [0.4, 0.5) is 0 Å². The van der Waals surface area contributed by atoms with E-state index in [1.54, 1.807) is 0 Å². The van der Waals surface area contributed by atoms with Crippen molar-refractivity contribution in [3.63, 3.8) is 0 Å². The number of ether oxygens (including phenoxy) is 1. The van der Waals surface area contributed by atoms with Gasteiger partial charge in [-0.2, -0.15) is 0 Å². The van der Waals surface area contributed by atoms with Crippen LogP contribution in [0.1, 0.15) is 24.8 Å². The first-order valence-corrected chi connectivity index (χ1v) is 9.17. The molecule has 2 aliphatic rings. The lowest BCUT2D eigenvalue weighted by molar-refractivity contribution is -0.132. The molecule has 2 fully saturated rings. The predicted octanol–water partition coefficient (Wildman–Crippen LogP) is 1.91. The minimum atomic E-state index is 0. The molecule has 5 nitrogen and oxygen atoms in total. The fraction of sp³-hybridized carbons (Fsp3) is 0.632. The maximum Gasteiger partial charge on any atom is 0.223 e. The minimum absolute atomic E-state index is 0. The quantitative estimate of drug-likeness (QED) is 0.834. The van der Waals surface area contributed by atoms with Gasteiger partial charge in [0.2, 0.25) is 5.91 Å². The maximum atomic E-state index is 12.2.